The van der Waals surface area contributed by atoms with Crippen LogP contribution in [-0.2, 0) is 6.54 Å². The molecule has 1 heterocycles. The third-order valence-electron chi connectivity index (χ3n) is 3.11. The van der Waals surface area contributed by atoms with Gasteiger partial charge in [0, 0.05) is 6.54 Å². The number of pyridine rings is 1. The maximum Gasteiger partial charge on any atom is 0.269 e. The van der Waals surface area contributed by atoms with E-state index in [4.69, 9.17) is 10.00 Å². The fourth-order valence-electron chi connectivity index (χ4n) is 2.10. The monoisotopic (exact) mass is 280 g/mol. The lowest BCUT2D eigenvalue weighted by atomic mass is 10.1. The van der Waals surface area contributed by atoms with Gasteiger partial charge in [-0.1, -0.05) is 12.2 Å². The number of benzene rings is 1. The molecule has 21 heavy (non-hydrogen) atoms. The molecule has 0 aliphatic rings. The second kappa shape index (κ2) is 6.10. The molecule has 0 spiro atoms. The molecule has 1 aromatic heterocycles. The molecular weight excluding hydrogens is 264 g/mol. The molecule has 4 heteroatoms. The number of nitriles is 1. The van der Waals surface area contributed by atoms with E-state index in [0.717, 1.165) is 22.6 Å². The maximum atomic E-state index is 12.3. The average molecular weight is 280 g/mol. The van der Waals surface area contributed by atoms with Crippen LogP contribution in [0.4, 0.5) is 0 Å². The Morgan fingerprint density at radius 2 is 1.95 bits per heavy atom. The van der Waals surface area contributed by atoms with Crippen LogP contribution in [-0.4, -0.2) is 11.7 Å². The van der Waals surface area contributed by atoms with Crippen LogP contribution in [0, 0.1) is 11.3 Å². The second-order valence-corrected chi connectivity index (χ2v) is 4.82. The molecule has 0 N–H and O–H groups in total. The quantitative estimate of drug-likeness (QED) is 0.809. The Kier molecular flexibility index (Phi) is 4.24. The second-order valence-electron chi connectivity index (χ2n) is 4.82. The first-order chi connectivity index (χ1) is 10.1. The molecule has 0 aliphatic heterocycles. The number of hydrogen-bond acceptors (Lipinski definition) is 3. The highest BCUT2D eigenvalue weighted by molar-refractivity contribution is 5.61. The van der Waals surface area contributed by atoms with Crippen molar-refractivity contribution in [2.75, 3.05) is 7.11 Å². The number of nitrogens with zero attached hydrogens (tertiary/aromatic N) is 2. The molecule has 106 valence electrons. The van der Waals surface area contributed by atoms with Gasteiger partial charge in [-0.05, 0) is 48.9 Å². The zero-order valence-electron chi connectivity index (χ0n) is 12.1. The minimum atomic E-state index is -0.297. The number of rotatable bonds is 4. The summed E-state index contributed by atoms with van der Waals surface area (Å²) in [6.07, 6.45) is 0. The SMILES string of the molecule is C=C(C)Cn1c(-c2ccc(OC)cc2)ccc(C#N)c1=O. The lowest BCUT2D eigenvalue weighted by Gasteiger charge is -2.13. The molecule has 0 aliphatic carbocycles. The molecule has 4 nitrogen and oxygen atoms in total. The molecule has 1 aromatic carbocycles. The zero-order valence-corrected chi connectivity index (χ0v) is 12.1. The van der Waals surface area contributed by atoms with Crippen molar-refractivity contribution in [2.45, 2.75) is 13.5 Å². The third-order valence-corrected chi connectivity index (χ3v) is 3.11. The summed E-state index contributed by atoms with van der Waals surface area (Å²) >= 11 is 0. The van der Waals surface area contributed by atoms with Gasteiger partial charge in [0.15, 0.2) is 0 Å². The van der Waals surface area contributed by atoms with Crippen molar-refractivity contribution in [3.63, 3.8) is 0 Å². The van der Waals surface area contributed by atoms with Crippen LogP contribution in [0.25, 0.3) is 11.3 Å². The highest BCUT2D eigenvalue weighted by atomic mass is 16.5. The smallest absolute Gasteiger partial charge is 0.269 e. The predicted octanol–water partition coefficient (Wildman–Crippen LogP) is 2.97. The number of aromatic nitrogens is 1. The van der Waals surface area contributed by atoms with Crippen LogP contribution in [0.1, 0.15) is 12.5 Å². The van der Waals surface area contributed by atoms with E-state index in [-0.39, 0.29) is 11.1 Å². The van der Waals surface area contributed by atoms with Gasteiger partial charge in [0.1, 0.15) is 17.4 Å². The normalized spacial score (nSPS) is 9.95. The van der Waals surface area contributed by atoms with Crippen molar-refractivity contribution in [3.8, 4) is 23.1 Å². The van der Waals surface area contributed by atoms with E-state index in [9.17, 15) is 4.79 Å². The van der Waals surface area contributed by atoms with Crippen LogP contribution in [0.15, 0.2) is 53.3 Å². The summed E-state index contributed by atoms with van der Waals surface area (Å²) in [5, 5.41) is 9.00. The largest absolute Gasteiger partial charge is 0.497 e. The van der Waals surface area contributed by atoms with Crippen molar-refractivity contribution < 1.29 is 4.74 Å². The van der Waals surface area contributed by atoms with Gasteiger partial charge in [0.25, 0.3) is 5.56 Å². The Morgan fingerprint density at radius 3 is 2.48 bits per heavy atom. The van der Waals surface area contributed by atoms with Crippen LogP contribution in [0.3, 0.4) is 0 Å². The van der Waals surface area contributed by atoms with E-state index in [2.05, 4.69) is 6.58 Å². The Hall–Kier alpha value is -2.80. The van der Waals surface area contributed by atoms with Gasteiger partial charge in [0.05, 0.1) is 12.8 Å². The summed E-state index contributed by atoms with van der Waals surface area (Å²) in [5.74, 6) is 0.751. The van der Waals surface area contributed by atoms with Gasteiger partial charge in [-0.2, -0.15) is 5.26 Å². The molecule has 0 atom stereocenters. The highest BCUT2D eigenvalue weighted by Crippen LogP contribution is 2.22. The number of methoxy groups -OCH3 is 1. The van der Waals surface area contributed by atoms with E-state index in [1.54, 1.807) is 23.8 Å². The van der Waals surface area contributed by atoms with Crippen molar-refractivity contribution in [3.05, 3.63) is 64.5 Å². The van der Waals surface area contributed by atoms with Crippen molar-refractivity contribution in [1.29, 1.82) is 5.26 Å². The average Bonchev–Trinajstić information content (AvgIpc) is 2.49. The van der Waals surface area contributed by atoms with Gasteiger partial charge in [-0.25, -0.2) is 0 Å². The molecular formula is C17H16N2O2. The number of ether oxygens (including phenoxy) is 1. The first-order valence-electron chi connectivity index (χ1n) is 6.49. The molecule has 2 rings (SSSR count). The molecule has 0 fully saturated rings. The Balaban J connectivity index is 2.61. The minimum Gasteiger partial charge on any atom is -0.497 e. The van der Waals surface area contributed by atoms with Gasteiger partial charge < -0.3 is 9.30 Å². The Morgan fingerprint density at radius 1 is 1.29 bits per heavy atom. The molecule has 0 saturated carbocycles. The number of allylic oxidation sites excluding steroid dienone is 1. The maximum absolute atomic E-state index is 12.3. The summed E-state index contributed by atoms with van der Waals surface area (Å²) in [5.41, 5.74) is 2.33. The van der Waals surface area contributed by atoms with Crippen LogP contribution in [0.2, 0.25) is 0 Å². The van der Waals surface area contributed by atoms with Crippen molar-refractivity contribution >= 4 is 0 Å². The fourth-order valence-corrected chi connectivity index (χ4v) is 2.10. The minimum absolute atomic E-state index is 0.133. The molecule has 0 radical (unpaired) electrons. The molecule has 0 amide bonds. The van der Waals surface area contributed by atoms with Gasteiger partial charge in [-0.3, -0.25) is 4.79 Å². The summed E-state index contributed by atoms with van der Waals surface area (Å²) in [6, 6.07) is 12.7. The molecule has 0 bridgehead atoms. The summed E-state index contributed by atoms with van der Waals surface area (Å²) < 4.78 is 6.71. The zero-order chi connectivity index (χ0) is 15.4. The topological polar surface area (TPSA) is 55.0 Å². The lowest BCUT2D eigenvalue weighted by molar-refractivity contribution is 0.415. The van der Waals surface area contributed by atoms with Gasteiger partial charge in [-0.15, -0.1) is 0 Å². The van der Waals surface area contributed by atoms with Crippen LogP contribution in [0.5, 0.6) is 5.75 Å². The third kappa shape index (κ3) is 3.03. The molecule has 2 aromatic rings. The van der Waals surface area contributed by atoms with Crippen molar-refractivity contribution in [2.24, 2.45) is 0 Å². The van der Waals surface area contributed by atoms with E-state index in [1.165, 1.54) is 0 Å². The van der Waals surface area contributed by atoms with E-state index in [0.29, 0.717) is 6.54 Å². The lowest BCUT2D eigenvalue weighted by Crippen LogP contribution is -2.24. The number of hydrogen-bond donors (Lipinski definition) is 0. The summed E-state index contributed by atoms with van der Waals surface area (Å²) in [7, 11) is 1.60. The first-order valence-corrected chi connectivity index (χ1v) is 6.49. The van der Waals surface area contributed by atoms with Crippen LogP contribution >= 0.6 is 0 Å². The van der Waals surface area contributed by atoms with Gasteiger partial charge >= 0.3 is 0 Å². The standard InChI is InChI=1S/C17H16N2O2/c1-12(2)11-19-16(9-6-14(10-18)17(19)20)13-4-7-15(21-3)8-5-13/h4-9H,1,11H2,2-3H3. The predicted molar refractivity (Wildman–Crippen MR) is 82.2 cm³/mol. The summed E-state index contributed by atoms with van der Waals surface area (Å²) in [6.45, 7) is 6.08. The van der Waals surface area contributed by atoms with E-state index >= 15 is 0 Å². The molecule has 0 unspecified atom stereocenters. The highest BCUT2D eigenvalue weighted by Gasteiger charge is 2.10. The van der Waals surface area contributed by atoms with E-state index < -0.39 is 0 Å². The Labute approximate surface area is 123 Å². The van der Waals surface area contributed by atoms with Crippen LogP contribution < -0.4 is 10.3 Å². The first kappa shape index (κ1) is 14.6. The molecule has 0 saturated heterocycles. The summed E-state index contributed by atoms with van der Waals surface area (Å²) in [4.78, 5) is 12.3. The fraction of sp³-hybridized carbons (Fsp3) is 0.176. The van der Waals surface area contributed by atoms with E-state index in [1.807, 2.05) is 37.3 Å². The Bertz CT molecular complexity index is 765. The van der Waals surface area contributed by atoms with Gasteiger partial charge in [0.2, 0.25) is 0 Å². The van der Waals surface area contributed by atoms with Crippen molar-refractivity contribution in [1.82, 2.24) is 4.57 Å².